The normalized spacial score (nSPS) is 18.5. The van der Waals surface area contributed by atoms with Crippen LogP contribution in [0.25, 0.3) is 0 Å². The van der Waals surface area contributed by atoms with Crippen LogP contribution in [0, 0.1) is 11.7 Å². The predicted molar refractivity (Wildman–Crippen MR) is 82.9 cm³/mol. The van der Waals surface area contributed by atoms with Gasteiger partial charge in [-0.1, -0.05) is 23.2 Å². The quantitative estimate of drug-likeness (QED) is 0.789. The van der Waals surface area contributed by atoms with Crippen LogP contribution in [-0.2, 0) is 0 Å². The largest absolute Gasteiger partial charge is 0.310 e. The number of benzene rings is 1. The van der Waals surface area contributed by atoms with Crippen LogP contribution in [0.5, 0.6) is 0 Å². The SMILES string of the molecule is CC(NCC1CCSCC1)c1c(Cl)ccc(F)c1Cl. The molecule has 0 bridgehead atoms. The van der Waals surface area contributed by atoms with Crippen molar-refractivity contribution >= 4 is 35.0 Å². The molecule has 0 amide bonds. The first-order chi connectivity index (χ1) is 9.09. The highest BCUT2D eigenvalue weighted by atomic mass is 35.5. The molecule has 5 heteroatoms. The van der Waals surface area contributed by atoms with Gasteiger partial charge < -0.3 is 5.32 Å². The summed E-state index contributed by atoms with van der Waals surface area (Å²) in [4.78, 5) is 0. The molecule has 1 aliphatic rings. The summed E-state index contributed by atoms with van der Waals surface area (Å²) in [6.45, 7) is 2.91. The molecule has 1 aromatic rings. The van der Waals surface area contributed by atoms with Crippen LogP contribution in [0.4, 0.5) is 4.39 Å². The maximum Gasteiger partial charge on any atom is 0.142 e. The van der Waals surface area contributed by atoms with Crippen molar-refractivity contribution in [2.75, 3.05) is 18.1 Å². The minimum absolute atomic E-state index is 0.0368. The molecule has 0 spiro atoms. The molecular formula is C14H18Cl2FNS. The summed E-state index contributed by atoms with van der Waals surface area (Å²) in [5.41, 5.74) is 0.661. The van der Waals surface area contributed by atoms with Crippen molar-refractivity contribution in [3.63, 3.8) is 0 Å². The molecule has 0 aliphatic carbocycles. The highest BCUT2D eigenvalue weighted by molar-refractivity contribution is 7.99. The molecule has 1 aromatic carbocycles. The molecule has 1 saturated heterocycles. The fourth-order valence-corrected chi connectivity index (χ4v) is 4.24. The molecule has 106 valence electrons. The van der Waals surface area contributed by atoms with E-state index in [1.54, 1.807) is 6.07 Å². The zero-order valence-corrected chi connectivity index (χ0v) is 13.2. The summed E-state index contributed by atoms with van der Waals surface area (Å²) in [6.07, 6.45) is 2.49. The average molecular weight is 322 g/mol. The van der Waals surface area contributed by atoms with E-state index in [2.05, 4.69) is 5.32 Å². The van der Waals surface area contributed by atoms with Gasteiger partial charge in [-0.25, -0.2) is 4.39 Å². The number of rotatable bonds is 4. The highest BCUT2D eigenvalue weighted by Gasteiger charge is 2.19. The maximum absolute atomic E-state index is 13.5. The van der Waals surface area contributed by atoms with Gasteiger partial charge in [0, 0.05) is 16.6 Å². The van der Waals surface area contributed by atoms with Crippen LogP contribution in [0.15, 0.2) is 12.1 Å². The monoisotopic (exact) mass is 321 g/mol. The second-order valence-electron chi connectivity index (χ2n) is 4.94. The van der Waals surface area contributed by atoms with E-state index in [0.29, 0.717) is 16.5 Å². The van der Waals surface area contributed by atoms with Crippen LogP contribution in [-0.4, -0.2) is 18.1 Å². The van der Waals surface area contributed by atoms with Crippen molar-refractivity contribution in [2.45, 2.75) is 25.8 Å². The van der Waals surface area contributed by atoms with Gasteiger partial charge in [-0.05, 0) is 55.9 Å². The van der Waals surface area contributed by atoms with Gasteiger partial charge in [-0.2, -0.15) is 11.8 Å². The van der Waals surface area contributed by atoms with Gasteiger partial charge >= 0.3 is 0 Å². The molecule has 0 aromatic heterocycles. The molecule has 1 atom stereocenters. The van der Waals surface area contributed by atoms with Gasteiger partial charge in [0.1, 0.15) is 5.82 Å². The lowest BCUT2D eigenvalue weighted by molar-refractivity contribution is 0.420. The Bertz CT molecular complexity index is 436. The van der Waals surface area contributed by atoms with E-state index in [4.69, 9.17) is 23.2 Å². The first kappa shape index (κ1) is 15.4. The Morgan fingerprint density at radius 3 is 2.74 bits per heavy atom. The van der Waals surface area contributed by atoms with E-state index >= 15 is 0 Å². The first-order valence-electron chi connectivity index (χ1n) is 6.54. The fraction of sp³-hybridized carbons (Fsp3) is 0.571. The number of hydrogen-bond acceptors (Lipinski definition) is 2. The third kappa shape index (κ3) is 4.01. The number of hydrogen-bond donors (Lipinski definition) is 1. The Balaban J connectivity index is 1.99. The molecule has 1 nitrogen and oxygen atoms in total. The molecule has 1 unspecified atom stereocenters. The van der Waals surface area contributed by atoms with E-state index in [9.17, 15) is 4.39 Å². The molecular weight excluding hydrogens is 304 g/mol. The Hall–Kier alpha value is 0.0400. The van der Waals surface area contributed by atoms with Crippen LogP contribution < -0.4 is 5.32 Å². The van der Waals surface area contributed by atoms with Crippen molar-refractivity contribution in [3.05, 3.63) is 33.6 Å². The van der Waals surface area contributed by atoms with E-state index in [1.807, 2.05) is 18.7 Å². The zero-order valence-electron chi connectivity index (χ0n) is 10.9. The Morgan fingerprint density at radius 1 is 1.37 bits per heavy atom. The Labute approximate surface area is 128 Å². The van der Waals surface area contributed by atoms with Crippen LogP contribution in [0.3, 0.4) is 0 Å². The molecule has 0 radical (unpaired) electrons. The van der Waals surface area contributed by atoms with Gasteiger partial charge in [-0.3, -0.25) is 0 Å². The molecule has 1 heterocycles. The number of thioether (sulfide) groups is 1. The number of halogens is 3. The van der Waals surface area contributed by atoms with E-state index in [1.165, 1.54) is 30.4 Å². The third-order valence-corrected chi connectivity index (χ3v) is 5.33. The lowest BCUT2D eigenvalue weighted by atomic mass is 10.0. The zero-order chi connectivity index (χ0) is 13.8. The Kier molecular flexibility index (Phi) is 5.82. The summed E-state index contributed by atoms with van der Waals surface area (Å²) in [6, 6.07) is 2.83. The van der Waals surface area contributed by atoms with Crippen LogP contribution >= 0.6 is 35.0 Å². The van der Waals surface area contributed by atoms with Crippen LogP contribution in [0.1, 0.15) is 31.4 Å². The highest BCUT2D eigenvalue weighted by Crippen LogP contribution is 2.32. The molecule has 0 saturated carbocycles. The summed E-state index contributed by atoms with van der Waals surface area (Å²) in [5, 5.41) is 4.08. The average Bonchev–Trinajstić information content (AvgIpc) is 2.42. The fourth-order valence-electron chi connectivity index (χ4n) is 2.34. The van der Waals surface area contributed by atoms with E-state index in [-0.39, 0.29) is 11.1 Å². The van der Waals surface area contributed by atoms with Gasteiger partial charge in [0.25, 0.3) is 0 Å². The second kappa shape index (κ2) is 7.16. The first-order valence-corrected chi connectivity index (χ1v) is 8.45. The van der Waals surface area contributed by atoms with Crippen molar-refractivity contribution in [1.29, 1.82) is 0 Å². The molecule has 1 fully saturated rings. The van der Waals surface area contributed by atoms with Gasteiger partial charge in [-0.15, -0.1) is 0 Å². The van der Waals surface area contributed by atoms with Gasteiger partial charge in [0.2, 0.25) is 0 Å². The van der Waals surface area contributed by atoms with Crippen molar-refractivity contribution in [2.24, 2.45) is 5.92 Å². The third-order valence-electron chi connectivity index (χ3n) is 3.57. The summed E-state index contributed by atoms with van der Waals surface area (Å²) in [7, 11) is 0. The Morgan fingerprint density at radius 2 is 2.05 bits per heavy atom. The summed E-state index contributed by atoms with van der Waals surface area (Å²) in [5.74, 6) is 2.77. The van der Waals surface area contributed by atoms with Crippen LogP contribution in [0.2, 0.25) is 10.0 Å². The minimum Gasteiger partial charge on any atom is -0.310 e. The van der Waals surface area contributed by atoms with E-state index in [0.717, 1.165) is 6.54 Å². The van der Waals surface area contributed by atoms with Crippen molar-refractivity contribution < 1.29 is 4.39 Å². The molecule has 19 heavy (non-hydrogen) atoms. The summed E-state index contributed by atoms with van der Waals surface area (Å²) >= 11 is 14.2. The smallest absolute Gasteiger partial charge is 0.142 e. The number of nitrogens with one attached hydrogen (secondary N) is 1. The predicted octanol–water partition coefficient (Wildman–Crippen LogP) is 4.93. The lowest BCUT2D eigenvalue weighted by Crippen LogP contribution is -2.28. The lowest BCUT2D eigenvalue weighted by Gasteiger charge is -2.24. The molecule has 1 N–H and O–H groups in total. The van der Waals surface area contributed by atoms with E-state index < -0.39 is 5.82 Å². The maximum atomic E-state index is 13.5. The van der Waals surface area contributed by atoms with Gasteiger partial charge in [0.15, 0.2) is 0 Å². The summed E-state index contributed by atoms with van der Waals surface area (Å²) < 4.78 is 13.5. The van der Waals surface area contributed by atoms with Gasteiger partial charge in [0.05, 0.1) is 5.02 Å². The standard InChI is InChI=1S/C14H18Cl2FNS/c1-9(18-8-10-4-6-19-7-5-10)13-11(15)2-3-12(17)14(13)16/h2-3,9-10,18H,4-8H2,1H3. The molecule has 1 aliphatic heterocycles. The molecule has 2 rings (SSSR count). The minimum atomic E-state index is -0.413. The second-order valence-corrected chi connectivity index (χ2v) is 6.95. The van der Waals surface area contributed by atoms with Crippen molar-refractivity contribution in [3.8, 4) is 0 Å². The van der Waals surface area contributed by atoms with Crippen molar-refractivity contribution in [1.82, 2.24) is 5.32 Å². The topological polar surface area (TPSA) is 12.0 Å².